The third-order valence-electron chi connectivity index (χ3n) is 4.53. The lowest BCUT2D eigenvalue weighted by atomic mass is 9.97. The van der Waals surface area contributed by atoms with Gasteiger partial charge in [0.25, 0.3) is 0 Å². The Balaban J connectivity index is 2.11. The van der Waals surface area contributed by atoms with Gasteiger partial charge in [0.15, 0.2) is 5.96 Å². The van der Waals surface area contributed by atoms with Crippen molar-refractivity contribution >= 4 is 11.9 Å². The Hall–Kier alpha value is -2.32. The highest BCUT2D eigenvalue weighted by molar-refractivity contribution is 5.80. The lowest BCUT2D eigenvalue weighted by Gasteiger charge is -2.33. The van der Waals surface area contributed by atoms with Crippen molar-refractivity contribution in [3.8, 4) is 0 Å². The molecule has 1 heterocycles. The first-order chi connectivity index (χ1) is 13.3. The van der Waals surface area contributed by atoms with E-state index < -0.39 is 17.6 Å². The number of halogens is 4. The van der Waals surface area contributed by atoms with Crippen LogP contribution in [0.25, 0.3) is 0 Å². The molecular weight excluding hydrogens is 378 g/mol. The number of guanidine groups is 1. The molecule has 1 N–H and O–H groups in total. The van der Waals surface area contributed by atoms with Gasteiger partial charge in [-0.3, -0.25) is 4.79 Å². The molecule has 5 nitrogen and oxygen atoms in total. The maximum atomic E-state index is 13.3. The van der Waals surface area contributed by atoms with Gasteiger partial charge >= 0.3 is 12.1 Å². The van der Waals surface area contributed by atoms with Crippen LogP contribution >= 0.6 is 0 Å². The Morgan fingerprint density at radius 2 is 1.96 bits per heavy atom. The number of nitrogens with one attached hydrogen (secondary N) is 1. The Morgan fingerprint density at radius 1 is 1.29 bits per heavy atom. The molecule has 0 atom stereocenters. The number of piperidine rings is 1. The van der Waals surface area contributed by atoms with E-state index in [0.717, 1.165) is 12.1 Å². The fourth-order valence-corrected chi connectivity index (χ4v) is 3.12. The molecule has 1 aliphatic rings. The molecule has 0 spiro atoms. The summed E-state index contributed by atoms with van der Waals surface area (Å²) in [6.45, 7) is 5.37. The third-order valence-corrected chi connectivity index (χ3v) is 4.53. The van der Waals surface area contributed by atoms with Gasteiger partial charge < -0.3 is 15.0 Å². The smallest absolute Gasteiger partial charge is 0.416 e. The zero-order valence-corrected chi connectivity index (χ0v) is 16.0. The fourth-order valence-electron chi connectivity index (χ4n) is 3.12. The van der Waals surface area contributed by atoms with Crippen LogP contribution in [0.2, 0.25) is 0 Å². The van der Waals surface area contributed by atoms with Gasteiger partial charge in [0, 0.05) is 19.6 Å². The first kappa shape index (κ1) is 22.0. The third kappa shape index (κ3) is 5.84. The van der Waals surface area contributed by atoms with Crippen LogP contribution in [0.5, 0.6) is 0 Å². The van der Waals surface area contributed by atoms with Crippen molar-refractivity contribution in [2.45, 2.75) is 39.4 Å². The molecule has 0 aliphatic carbocycles. The van der Waals surface area contributed by atoms with Crippen LogP contribution < -0.4 is 5.32 Å². The highest BCUT2D eigenvalue weighted by atomic mass is 19.4. The number of alkyl halides is 3. The van der Waals surface area contributed by atoms with Gasteiger partial charge in [0.2, 0.25) is 0 Å². The Labute approximate surface area is 161 Å². The van der Waals surface area contributed by atoms with Crippen LogP contribution in [0.4, 0.5) is 17.6 Å². The lowest BCUT2D eigenvalue weighted by Crippen LogP contribution is -2.46. The molecule has 1 saturated heterocycles. The number of carbonyl (C=O) groups is 1. The van der Waals surface area contributed by atoms with Gasteiger partial charge in [0.05, 0.1) is 24.6 Å². The maximum absolute atomic E-state index is 13.3. The zero-order valence-electron chi connectivity index (χ0n) is 16.0. The van der Waals surface area contributed by atoms with E-state index in [2.05, 4.69) is 10.3 Å². The second-order valence-corrected chi connectivity index (χ2v) is 6.48. The maximum Gasteiger partial charge on any atom is 0.416 e. The molecule has 156 valence electrons. The summed E-state index contributed by atoms with van der Waals surface area (Å²) >= 11 is 0. The number of ether oxygens (including phenoxy) is 1. The Morgan fingerprint density at radius 3 is 2.54 bits per heavy atom. The SMILES string of the molecule is CCNC(=NCc1ccc(F)cc1C(F)(F)F)N1CCC(C(=O)OCC)CC1. The molecule has 0 saturated carbocycles. The van der Waals surface area contributed by atoms with Crippen LogP contribution in [-0.4, -0.2) is 43.1 Å². The van der Waals surface area contributed by atoms with Gasteiger partial charge in [0.1, 0.15) is 5.82 Å². The molecule has 0 unspecified atom stereocenters. The van der Waals surface area contributed by atoms with Crippen LogP contribution in [0.3, 0.4) is 0 Å². The summed E-state index contributed by atoms with van der Waals surface area (Å²) in [5.41, 5.74) is -1.11. The number of hydrogen-bond donors (Lipinski definition) is 1. The van der Waals surface area contributed by atoms with Crippen molar-refractivity contribution in [1.29, 1.82) is 0 Å². The number of carbonyl (C=O) groups excluding carboxylic acids is 1. The molecule has 0 aromatic heterocycles. The van der Waals surface area contributed by atoms with Crippen molar-refractivity contribution in [3.05, 3.63) is 35.1 Å². The molecule has 28 heavy (non-hydrogen) atoms. The summed E-state index contributed by atoms with van der Waals surface area (Å²) in [7, 11) is 0. The average Bonchev–Trinajstić information content (AvgIpc) is 2.65. The van der Waals surface area contributed by atoms with Gasteiger partial charge in [-0.15, -0.1) is 0 Å². The van der Waals surface area contributed by atoms with Crippen molar-refractivity contribution < 1.29 is 27.1 Å². The molecule has 9 heteroatoms. The predicted octanol–water partition coefficient (Wildman–Crippen LogP) is 3.59. The second-order valence-electron chi connectivity index (χ2n) is 6.48. The highest BCUT2D eigenvalue weighted by Gasteiger charge is 2.34. The molecule has 1 aromatic rings. The van der Waals surface area contributed by atoms with Crippen molar-refractivity contribution in [2.75, 3.05) is 26.2 Å². The van der Waals surface area contributed by atoms with Crippen molar-refractivity contribution in [1.82, 2.24) is 10.2 Å². The standard InChI is InChI=1S/C19H25F4N3O2/c1-3-24-18(26-9-7-13(8-10-26)17(27)28-4-2)25-12-14-5-6-15(20)11-16(14)19(21,22)23/h5-6,11,13H,3-4,7-10,12H2,1-2H3,(H,24,25). The number of nitrogens with zero attached hydrogens (tertiary/aromatic N) is 2. The van der Waals surface area contributed by atoms with Crippen LogP contribution in [0.1, 0.15) is 37.8 Å². The van der Waals surface area contributed by atoms with Gasteiger partial charge in [-0.2, -0.15) is 13.2 Å². The number of rotatable bonds is 5. The molecule has 0 amide bonds. The molecule has 2 rings (SSSR count). The largest absolute Gasteiger partial charge is 0.466 e. The van der Waals surface area contributed by atoms with E-state index in [0.29, 0.717) is 51.1 Å². The molecular formula is C19H25F4N3O2. The number of esters is 1. The second kappa shape index (κ2) is 9.75. The number of benzene rings is 1. The molecule has 1 aliphatic heterocycles. The summed E-state index contributed by atoms with van der Waals surface area (Å²) in [5.74, 6) is -0.853. The van der Waals surface area contributed by atoms with Crippen molar-refractivity contribution in [3.63, 3.8) is 0 Å². The minimum absolute atomic E-state index is 0.0919. The van der Waals surface area contributed by atoms with E-state index in [-0.39, 0.29) is 24.0 Å². The Kier molecular flexibility index (Phi) is 7.65. The fraction of sp³-hybridized carbons (Fsp3) is 0.579. The minimum atomic E-state index is -4.65. The summed E-state index contributed by atoms with van der Waals surface area (Å²) in [6.07, 6.45) is -3.47. The number of hydrogen-bond acceptors (Lipinski definition) is 3. The highest BCUT2D eigenvalue weighted by Crippen LogP contribution is 2.33. The quantitative estimate of drug-likeness (QED) is 0.353. The summed E-state index contributed by atoms with van der Waals surface area (Å²) in [5, 5.41) is 3.07. The van der Waals surface area contributed by atoms with Crippen LogP contribution in [0.15, 0.2) is 23.2 Å². The first-order valence-electron chi connectivity index (χ1n) is 9.31. The lowest BCUT2D eigenvalue weighted by molar-refractivity contribution is -0.149. The van der Waals surface area contributed by atoms with E-state index in [1.165, 1.54) is 0 Å². The van der Waals surface area contributed by atoms with E-state index in [1.54, 1.807) is 6.92 Å². The van der Waals surface area contributed by atoms with Crippen LogP contribution in [0, 0.1) is 11.7 Å². The van der Waals surface area contributed by atoms with Gasteiger partial charge in [-0.1, -0.05) is 6.07 Å². The monoisotopic (exact) mass is 403 g/mol. The predicted molar refractivity (Wildman–Crippen MR) is 97.1 cm³/mol. The topological polar surface area (TPSA) is 53.9 Å². The van der Waals surface area contributed by atoms with E-state index in [1.807, 2.05) is 11.8 Å². The molecule has 1 fully saturated rings. The molecule has 1 aromatic carbocycles. The summed E-state index contributed by atoms with van der Waals surface area (Å²) in [6, 6.07) is 2.60. The number of aliphatic imine (C=N–C) groups is 1. The van der Waals surface area contributed by atoms with E-state index in [4.69, 9.17) is 4.74 Å². The summed E-state index contributed by atoms with van der Waals surface area (Å²) < 4.78 is 57.8. The van der Waals surface area contributed by atoms with E-state index >= 15 is 0 Å². The van der Waals surface area contributed by atoms with E-state index in [9.17, 15) is 22.4 Å². The average molecular weight is 403 g/mol. The molecule has 0 radical (unpaired) electrons. The van der Waals surface area contributed by atoms with Crippen molar-refractivity contribution in [2.24, 2.45) is 10.9 Å². The van der Waals surface area contributed by atoms with Crippen LogP contribution in [-0.2, 0) is 22.3 Å². The minimum Gasteiger partial charge on any atom is -0.466 e. The molecule has 0 bridgehead atoms. The first-order valence-corrected chi connectivity index (χ1v) is 9.31. The zero-order chi connectivity index (χ0) is 20.7. The summed E-state index contributed by atoms with van der Waals surface area (Å²) in [4.78, 5) is 18.1. The normalized spacial score (nSPS) is 16.2. The Bertz CT molecular complexity index is 699. The van der Waals surface area contributed by atoms with Gasteiger partial charge in [-0.25, -0.2) is 9.38 Å². The number of likely N-dealkylation sites (tertiary alicyclic amines) is 1. The van der Waals surface area contributed by atoms with Gasteiger partial charge in [-0.05, 0) is 44.4 Å².